The number of hydrogen-bond acceptors (Lipinski definition) is 7. The summed E-state index contributed by atoms with van der Waals surface area (Å²) in [6.07, 6.45) is -5.72. The highest BCUT2D eigenvalue weighted by Crippen LogP contribution is 2.37. The Balaban J connectivity index is 1.95. The Labute approximate surface area is 156 Å². The van der Waals surface area contributed by atoms with Gasteiger partial charge in [0.25, 0.3) is 0 Å². The van der Waals surface area contributed by atoms with Crippen LogP contribution in [0.5, 0.6) is 5.75 Å². The zero-order valence-electron chi connectivity index (χ0n) is 14.9. The van der Waals surface area contributed by atoms with Gasteiger partial charge in [-0.3, -0.25) is 0 Å². The minimum absolute atomic E-state index is 0.167. The third-order valence-electron chi connectivity index (χ3n) is 5.06. The van der Waals surface area contributed by atoms with Crippen molar-refractivity contribution in [1.82, 2.24) is 0 Å². The molecule has 0 aromatic heterocycles. The van der Waals surface area contributed by atoms with Gasteiger partial charge in [-0.1, -0.05) is 24.3 Å². The van der Waals surface area contributed by atoms with Crippen molar-refractivity contribution in [2.24, 2.45) is 0 Å². The summed E-state index contributed by atoms with van der Waals surface area (Å²) in [4.78, 5) is 0. The number of aliphatic hydroxyl groups excluding tert-OH is 4. The lowest BCUT2D eigenvalue weighted by Gasteiger charge is -2.45. The van der Waals surface area contributed by atoms with Gasteiger partial charge in [-0.15, -0.1) is 0 Å². The smallest absolute Gasteiger partial charge is 0.222 e. The second-order valence-corrected chi connectivity index (χ2v) is 6.95. The van der Waals surface area contributed by atoms with Gasteiger partial charge in [-0.2, -0.15) is 0 Å². The van der Waals surface area contributed by atoms with E-state index in [1.165, 1.54) is 0 Å². The number of aromatic hydroxyl groups is 1. The lowest BCUT2D eigenvalue weighted by Crippen LogP contribution is -2.63. The first-order valence-electron chi connectivity index (χ1n) is 8.69. The maximum Gasteiger partial charge on any atom is 0.222 e. The second kappa shape index (κ2) is 7.55. The van der Waals surface area contributed by atoms with Crippen LogP contribution in [0.4, 0.5) is 0 Å². The van der Waals surface area contributed by atoms with E-state index in [2.05, 4.69) is 0 Å². The van der Waals surface area contributed by atoms with Gasteiger partial charge in [-0.25, -0.2) is 0 Å². The third kappa shape index (κ3) is 3.70. The monoisotopic (exact) mass is 376 g/mol. The number of phenolic OH excluding ortho intramolecular Hbond substituents is 1. The molecule has 0 radical (unpaired) electrons. The number of aryl methyl sites for hydroxylation is 1. The minimum Gasteiger partial charge on any atom is -0.508 e. The van der Waals surface area contributed by atoms with Crippen LogP contribution >= 0.6 is 0 Å². The topological polar surface area (TPSA) is 131 Å². The molecule has 27 heavy (non-hydrogen) atoms. The number of phenols is 1. The molecule has 6 N–H and O–H groups in total. The van der Waals surface area contributed by atoms with Crippen LogP contribution in [0, 0.1) is 6.92 Å². The van der Waals surface area contributed by atoms with Gasteiger partial charge in [0.1, 0.15) is 30.2 Å². The molecule has 1 aliphatic rings. The van der Waals surface area contributed by atoms with E-state index in [0.29, 0.717) is 6.42 Å². The summed E-state index contributed by atoms with van der Waals surface area (Å²) in [6.45, 7) is 1.27. The zero-order valence-corrected chi connectivity index (χ0v) is 14.9. The van der Waals surface area contributed by atoms with Gasteiger partial charge < -0.3 is 35.4 Å². The maximum atomic E-state index is 10.9. The van der Waals surface area contributed by atoms with Gasteiger partial charge in [-0.05, 0) is 48.2 Å². The van der Waals surface area contributed by atoms with Crippen LogP contribution in [0.25, 0.3) is 0 Å². The molecule has 0 spiro atoms. The predicted molar refractivity (Wildman–Crippen MR) is 96.0 cm³/mol. The van der Waals surface area contributed by atoms with E-state index in [1.54, 1.807) is 42.5 Å². The summed E-state index contributed by atoms with van der Waals surface area (Å²) in [7, 11) is 0. The maximum absolute atomic E-state index is 10.9. The van der Waals surface area contributed by atoms with Crippen molar-refractivity contribution < 1.29 is 35.4 Å². The van der Waals surface area contributed by atoms with Crippen LogP contribution in [-0.4, -0.2) is 61.7 Å². The van der Waals surface area contributed by atoms with Crippen molar-refractivity contribution in [3.05, 3.63) is 64.7 Å². The second-order valence-electron chi connectivity index (χ2n) is 6.95. The molecule has 7 nitrogen and oxygen atoms in total. The highest BCUT2D eigenvalue weighted by atomic mass is 16.7. The molecule has 1 heterocycles. The lowest BCUT2D eigenvalue weighted by atomic mass is 9.86. The first-order chi connectivity index (χ1) is 12.8. The normalized spacial score (nSPS) is 31.0. The lowest BCUT2D eigenvalue weighted by molar-refractivity contribution is -0.357. The number of ether oxygens (including phenoxy) is 1. The van der Waals surface area contributed by atoms with Crippen molar-refractivity contribution in [2.75, 3.05) is 6.61 Å². The summed E-state index contributed by atoms with van der Waals surface area (Å²) < 4.78 is 5.38. The van der Waals surface area contributed by atoms with Gasteiger partial charge in [0.2, 0.25) is 5.79 Å². The van der Waals surface area contributed by atoms with Crippen molar-refractivity contribution >= 4 is 0 Å². The van der Waals surface area contributed by atoms with Crippen molar-refractivity contribution in [3.8, 4) is 5.75 Å². The fourth-order valence-corrected chi connectivity index (χ4v) is 3.31. The Morgan fingerprint density at radius 1 is 1.00 bits per heavy atom. The molecule has 2 aromatic carbocycles. The van der Waals surface area contributed by atoms with E-state index in [-0.39, 0.29) is 11.3 Å². The Morgan fingerprint density at radius 2 is 1.67 bits per heavy atom. The van der Waals surface area contributed by atoms with Gasteiger partial charge in [0.15, 0.2) is 0 Å². The van der Waals surface area contributed by atoms with E-state index in [0.717, 1.165) is 16.7 Å². The average Bonchev–Trinajstić information content (AvgIpc) is 2.66. The minimum atomic E-state index is -2.27. The summed E-state index contributed by atoms with van der Waals surface area (Å²) in [6, 6.07) is 11.7. The molecule has 0 unspecified atom stereocenters. The van der Waals surface area contributed by atoms with Crippen LogP contribution in [0.3, 0.4) is 0 Å². The van der Waals surface area contributed by atoms with Crippen molar-refractivity contribution in [2.45, 2.75) is 43.5 Å². The number of hydrogen-bond donors (Lipinski definition) is 6. The Bertz CT molecular complexity index is 789. The van der Waals surface area contributed by atoms with Gasteiger partial charge in [0, 0.05) is 5.56 Å². The molecule has 1 fully saturated rings. The van der Waals surface area contributed by atoms with Crippen molar-refractivity contribution in [1.29, 1.82) is 0 Å². The van der Waals surface area contributed by atoms with Crippen molar-refractivity contribution in [3.63, 3.8) is 0 Å². The summed E-state index contributed by atoms with van der Waals surface area (Å²) in [5.74, 6) is -2.11. The molecule has 0 amide bonds. The Hall–Kier alpha value is -2.00. The molecule has 1 aliphatic heterocycles. The van der Waals surface area contributed by atoms with E-state index < -0.39 is 36.8 Å². The molecule has 3 rings (SSSR count). The standard InChI is InChI=1S/C20H24O7/c1-11-2-5-14(9-13(11)8-12-3-6-15(22)7-4-12)20(26)19(25)18(24)17(23)16(10-21)27-20/h2-7,9,16-19,21-26H,8,10H2,1H3/t16-,17-,18+,19-,20+/m1/s1. The first-order valence-corrected chi connectivity index (χ1v) is 8.69. The first kappa shape index (κ1) is 19.8. The Kier molecular flexibility index (Phi) is 5.53. The molecule has 146 valence electrons. The molecular formula is C20H24O7. The fourth-order valence-electron chi connectivity index (χ4n) is 3.31. The summed E-state index contributed by atoms with van der Waals surface area (Å²) in [5.41, 5.74) is 2.94. The molecule has 1 saturated heterocycles. The third-order valence-corrected chi connectivity index (χ3v) is 5.06. The predicted octanol–water partition coefficient (Wildman–Crippen LogP) is -0.0897. The van der Waals surface area contributed by atoms with Crippen LogP contribution in [0.1, 0.15) is 22.3 Å². The summed E-state index contributed by atoms with van der Waals surface area (Å²) >= 11 is 0. The number of benzene rings is 2. The van der Waals surface area contributed by atoms with E-state index in [4.69, 9.17) is 4.74 Å². The highest BCUT2D eigenvalue weighted by molar-refractivity contribution is 5.38. The molecule has 7 heteroatoms. The molecule has 5 atom stereocenters. The number of rotatable bonds is 4. The van der Waals surface area contributed by atoms with Crippen LogP contribution in [0.2, 0.25) is 0 Å². The van der Waals surface area contributed by atoms with Crippen LogP contribution in [0.15, 0.2) is 42.5 Å². The fraction of sp³-hybridized carbons (Fsp3) is 0.400. The molecule has 2 aromatic rings. The average molecular weight is 376 g/mol. The number of aliphatic hydroxyl groups is 5. The SMILES string of the molecule is Cc1ccc([C@]2(O)O[C@H](CO)[C@@H](O)[C@H](O)[C@H]2O)cc1Cc1ccc(O)cc1. The molecule has 0 saturated carbocycles. The quantitative estimate of drug-likeness (QED) is 0.440. The van der Waals surface area contributed by atoms with Gasteiger partial charge >= 0.3 is 0 Å². The van der Waals surface area contributed by atoms with Gasteiger partial charge in [0.05, 0.1) is 6.61 Å². The van der Waals surface area contributed by atoms with Crippen LogP contribution < -0.4 is 0 Å². The van der Waals surface area contributed by atoms with Crippen LogP contribution in [-0.2, 0) is 16.9 Å². The van der Waals surface area contributed by atoms with E-state index in [9.17, 15) is 30.6 Å². The highest BCUT2D eigenvalue weighted by Gasteiger charge is 2.53. The molecular weight excluding hydrogens is 352 g/mol. The Morgan fingerprint density at radius 3 is 2.30 bits per heavy atom. The van der Waals surface area contributed by atoms with E-state index in [1.807, 2.05) is 6.92 Å². The molecule has 0 aliphatic carbocycles. The summed E-state index contributed by atoms with van der Waals surface area (Å²) in [5, 5.41) is 59.9. The largest absolute Gasteiger partial charge is 0.508 e. The zero-order chi connectivity index (χ0) is 19.8. The molecule has 0 bridgehead atoms. The van der Waals surface area contributed by atoms with E-state index >= 15 is 0 Å².